The van der Waals surface area contributed by atoms with E-state index in [4.69, 9.17) is 10.1 Å². The zero-order chi connectivity index (χ0) is 17.0. The van der Waals surface area contributed by atoms with Gasteiger partial charge in [0.2, 0.25) is 5.13 Å². The van der Waals surface area contributed by atoms with Crippen LogP contribution in [0, 0.1) is 37.5 Å². The van der Waals surface area contributed by atoms with E-state index in [9.17, 15) is 0 Å². The molecule has 0 spiro atoms. The maximum absolute atomic E-state index is 4.85. The summed E-state index contributed by atoms with van der Waals surface area (Å²) in [5, 5.41) is 7.89. The van der Waals surface area contributed by atoms with Crippen molar-refractivity contribution in [2.45, 2.75) is 46.0 Å². The molecular formula is C21H26BrN3S. The Bertz CT molecular complexity index is 812. The molecule has 5 heteroatoms. The van der Waals surface area contributed by atoms with E-state index in [1.165, 1.54) is 54.5 Å². The number of hydrogen-bond acceptors (Lipinski definition) is 4. The van der Waals surface area contributed by atoms with Gasteiger partial charge in [0, 0.05) is 16.7 Å². The topological polar surface area (TPSA) is 37.3 Å². The third-order valence-electron chi connectivity index (χ3n) is 6.56. The first-order chi connectivity index (χ1) is 12.2. The molecule has 4 aliphatic carbocycles. The SMILES string of the molecule is Br.Cc1ccc(-c2csc(NN=C3C4CC5CC(C4)CC3C5)n2)cc1C. The molecule has 4 fully saturated rings. The lowest BCUT2D eigenvalue weighted by Gasteiger charge is -2.50. The molecule has 138 valence electrons. The number of nitrogens with one attached hydrogen (secondary N) is 1. The van der Waals surface area contributed by atoms with Crippen LogP contribution in [-0.4, -0.2) is 10.7 Å². The predicted molar refractivity (Wildman–Crippen MR) is 115 cm³/mol. The fourth-order valence-corrected chi connectivity index (χ4v) is 5.98. The summed E-state index contributed by atoms with van der Waals surface area (Å²) in [4.78, 5) is 4.75. The van der Waals surface area contributed by atoms with Crippen molar-refractivity contribution in [3.8, 4) is 11.3 Å². The molecule has 0 unspecified atom stereocenters. The summed E-state index contributed by atoms with van der Waals surface area (Å²) in [5.41, 5.74) is 9.59. The van der Waals surface area contributed by atoms with Crippen molar-refractivity contribution in [2.75, 3.05) is 5.43 Å². The lowest BCUT2D eigenvalue weighted by atomic mass is 9.55. The minimum atomic E-state index is 0. The van der Waals surface area contributed by atoms with E-state index in [2.05, 4.69) is 42.9 Å². The van der Waals surface area contributed by atoms with E-state index in [0.29, 0.717) is 0 Å². The summed E-state index contributed by atoms with van der Waals surface area (Å²) in [6.07, 6.45) is 6.98. The number of rotatable bonds is 3. The highest BCUT2D eigenvalue weighted by molar-refractivity contribution is 8.93. The van der Waals surface area contributed by atoms with Crippen molar-refractivity contribution in [1.82, 2.24) is 4.98 Å². The van der Waals surface area contributed by atoms with E-state index < -0.39 is 0 Å². The van der Waals surface area contributed by atoms with Crippen LogP contribution in [0.2, 0.25) is 0 Å². The first kappa shape index (κ1) is 18.2. The second-order valence-electron chi connectivity index (χ2n) is 8.29. The largest absolute Gasteiger partial charge is 0.253 e. The van der Waals surface area contributed by atoms with Gasteiger partial charge < -0.3 is 0 Å². The Morgan fingerprint density at radius 2 is 1.69 bits per heavy atom. The second kappa shape index (κ2) is 7.08. The molecule has 1 heterocycles. The van der Waals surface area contributed by atoms with E-state index in [-0.39, 0.29) is 17.0 Å². The van der Waals surface area contributed by atoms with Crippen molar-refractivity contribution < 1.29 is 0 Å². The number of thiazole rings is 1. The smallest absolute Gasteiger partial charge is 0.203 e. The highest BCUT2D eigenvalue weighted by atomic mass is 79.9. The highest BCUT2D eigenvalue weighted by Crippen LogP contribution is 2.52. The Kier molecular flexibility index (Phi) is 4.95. The molecule has 1 N–H and O–H groups in total. The normalized spacial score (nSPS) is 28.8. The summed E-state index contributed by atoms with van der Waals surface area (Å²) < 4.78 is 0. The summed E-state index contributed by atoms with van der Waals surface area (Å²) in [5.74, 6) is 3.45. The second-order valence-corrected chi connectivity index (χ2v) is 9.15. The number of halogens is 1. The van der Waals surface area contributed by atoms with Crippen molar-refractivity contribution in [1.29, 1.82) is 0 Å². The molecule has 0 amide bonds. The van der Waals surface area contributed by atoms with Crippen LogP contribution >= 0.6 is 28.3 Å². The number of aromatic nitrogens is 1. The van der Waals surface area contributed by atoms with Gasteiger partial charge in [-0.25, -0.2) is 4.98 Å². The van der Waals surface area contributed by atoms with Gasteiger partial charge in [-0.1, -0.05) is 12.1 Å². The average Bonchev–Trinajstić information content (AvgIpc) is 3.05. The molecule has 2 aromatic rings. The van der Waals surface area contributed by atoms with Gasteiger partial charge >= 0.3 is 0 Å². The van der Waals surface area contributed by atoms with Crippen molar-refractivity contribution in [3.05, 3.63) is 34.7 Å². The summed E-state index contributed by atoms with van der Waals surface area (Å²) in [7, 11) is 0. The van der Waals surface area contributed by atoms with Crippen molar-refractivity contribution >= 4 is 39.2 Å². The fourth-order valence-electron chi connectivity index (χ4n) is 5.32. The van der Waals surface area contributed by atoms with E-state index in [1.54, 1.807) is 11.3 Å². The first-order valence-electron chi connectivity index (χ1n) is 9.52. The molecule has 4 saturated carbocycles. The lowest BCUT2D eigenvalue weighted by Crippen LogP contribution is -2.45. The van der Waals surface area contributed by atoms with Crippen LogP contribution in [0.1, 0.15) is 43.2 Å². The Morgan fingerprint density at radius 1 is 1.00 bits per heavy atom. The van der Waals surface area contributed by atoms with E-state index in [1.807, 2.05) is 0 Å². The summed E-state index contributed by atoms with van der Waals surface area (Å²) in [6, 6.07) is 6.55. The summed E-state index contributed by atoms with van der Waals surface area (Å²) >= 11 is 1.65. The maximum atomic E-state index is 4.85. The fraction of sp³-hybridized carbons (Fsp3) is 0.524. The molecule has 26 heavy (non-hydrogen) atoms. The van der Waals surface area contributed by atoms with Gasteiger partial charge in [0.15, 0.2) is 0 Å². The van der Waals surface area contributed by atoms with Gasteiger partial charge in [0.1, 0.15) is 0 Å². The Labute approximate surface area is 170 Å². The predicted octanol–water partition coefficient (Wildman–Crippen LogP) is 6.23. The number of hydrogen-bond donors (Lipinski definition) is 1. The van der Waals surface area contributed by atoms with Gasteiger partial charge in [0.25, 0.3) is 0 Å². The van der Waals surface area contributed by atoms with Crippen LogP contribution in [0.3, 0.4) is 0 Å². The molecule has 0 saturated heterocycles. The number of anilines is 1. The van der Waals surface area contributed by atoms with E-state index >= 15 is 0 Å². The average molecular weight is 432 g/mol. The Hall–Kier alpha value is -1.20. The molecule has 0 aliphatic heterocycles. The van der Waals surface area contributed by atoms with Crippen LogP contribution in [0.15, 0.2) is 28.7 Å². The third kappa shape index (κ3) is 3.24. The number of benzene rings is 1. The lowest BCUT2D eigenvalue weighted by molar-refractivity contribution is 0.108. The highest BCUT2D eigenvalue weighted by Gasteiger charge is 2.46. The van der Waals surface area contributed by atoms with Gasteiger partial charge in [-0.15, -0.1) is 28.3 Å². The number of hydrazone groups is 1. The number of aryl methyl sites for hydroxylation is 2. The van der Waals surface area contributed by atoms with E-state index in [0.717, 1.165) is 34.5 Å². The molecule has 0 atom stereocenters. The first-order valence-corrected chi connectivity index (χ1v) is 10.4. The maximum Gasteiger partial charge on any atom is 0.203 e. The quantitative estimate of drug-likeness (QED) is 0.584. The van der Waals surface area contributed by atoms with Gasteiger partial charge in [0.05, 0.1) is 5.69 Å². The molecule has 0 radical (unpaired) electrons. The zero-order valence-electron chi connectivity index (χ0n) is 15.4. The minimum absolute atomic E-state index is 0. The molecular weight excluding hydrogens is 406 g/mol. The molecule has 1 aromatic carbocycles. The zero-order valence-corrected chi connectivity index (χ0v) is 17.9. The number of nitrogens with zero attached hydrogens (tertiary/aromatic N) is 2. The monoisotopic (exact) mass is 431 g/mol. The molecule has 1 aromatic heterocycles. The molecule has 3 nitrogen and oxygen atoms in total. The molecule has 4 bridgehead atoms. The standard InChI is InChI=1S/C21H25N3S.BrH/c1-12-3-4-16(5-13(12)2)19-11-25-21(22-19)24-23-20-17-7-14-6-15(9-17)10-18(20)8-14;/h3-5,11,14-15,17-18H,6-10H2,1-2H3,(H,22,24);1H. The van der Waals surface area contributed by atoms with Crippen molar-refractivity contribution in [3.63, 3.8) is 0 Å². The van der Waals surface area contributed by atoms with Crippen molar-refractivity contribution in [2.24, 2.45) is 28.8 Å². The van der Waals surface area contributed by atoms with Gasteiger partial charge in [-0.05, 0) is 86.8 Å². The van der Waals surface area contributed by atoms with Gasteiger partial charge in [-0.3, -0.25) is 5.43 Å². The van der Waals surface area contributed by atoms with Gasteiger partial charge in [-0.2, -0.15) is 5.10 Å². The summed E-state index contributed by atoms with van der Waals surface area (Å²) in [6.45, 7) is 4.30. The molecule has 6 rings (SSSR count). The van der Waals surface area contributed by atoms with Crippen LogP contribution in [-0.2, 0) is 0 Å². The minimum Gasteiger partial charge on any atom is -0.253 e. The molecule has 4 aliphatic rings. The Balaban J connectivity index is 0.00000168. The van der Waals surface area contributed by atoms with Crippen LogP contribution < -0.4 is 5.43 Å². The van der Waals surface area contributed by atoms with Crippen LogP contribution in [0.5, 0.6) is 0 Å². The van der Waals surface area contributed by atoms with Crippen LogP contribution in [0.4, 0.5) is 5.13 Å². The Morgan fingerprint density at radius 3 is 2.35 bits per heavy atom. The van der Waals surface area contributed by atoms with Crippen LogP contribution in [0.25, 0.3) is 11.3 Å². The third-order valence-corrected chi connectivity index (χ3v) is 7.31.